The van der Waals surface area contributed by atoms with Crippen molar-refractivity contribution in [2.24, 2.45) is 0 Å². The maximum absolute atomic E-state index is 11.5. The molecule has 0 radical (unpaired) electrons. The van der Waals surface area contributed by atoms with Crippen LogP contribution in [0.5, 0.6) is 0 Å². The topological polar surface area (TPSA) is 52.3 Å². The van der Waals surface area contributed by atoms with E-state index in [1.807, 2.05) is 0 Å². The Hall–Kier alpha value is -1.51. The number of nitrogens with two attached hydrogens (primary N) is 1. The van der Waals surface area contributed by atoms with Crippen LogP contribution in [0.25, 0.3) is 0 Å². The molecule has 0 atom stereocenters. The van der Waals surface area contributed by atoms with E-state index in [0.29, 0.717) is 5.69 Å². The molecule has 0 unspecified atom stereocenters. The zero-order chi connectivity index (χ0) is 13.3. The molecule has 0 aliphatic carbocycles. The number of hydrogen-bond donors (Lipinski definition) is 1. The second-order valence-electron chi connectivity index (χ2n) is 2.11. The van der Waals surface area contributed by atoms with Gasteiger partial charge < -0.3 is 10.5 Å². The third kappa shape index (κ3) is 1.99. The summed E-state index contributed by atoms with van der Waals surface area (Å²) in [5.41, 5.74) is 5.87. The number of nitrogen functional groups attached to an aromatic ring is 1. The minimum atomic E-state index is -3.03. The minimum Gasteiger partial charge on any atom is -0.462 e. The van der Waals surface area contributed by atoms with Crippen LogP contribution in [0.1, 0.15) is 24.1 Å². The normalized spacial score (nSPS) is 17.8. The number of hydrogen-bond acceptors (Lipinski definition) is 3. The molecule has 1 aromatic carbocycles. The number of ether oxygens (including phenoxy) is 1. The van der Waals surface area contributed by atoms with Gasteiger partial charge in [0.2, 0.25) is 0 Å². The third-order valence-corrected chi connectivity index (χ3v) is 1.29. The Kier molecular flexibility index (Phi) is 1.23. The average molecular weight is 170 g/mol. The molecule has 0 amide bonds. The lowest BCUT2D eigenvalue weighted by molar-refractivity contribution is 0.0526. The Labute approximate surface area is 78.2 Å². The second-order valence-corrected chi connectivity index (χ2v) is 2.11. The number of anilines is 1. The maximum atomic E-state index is 11.5. The van der Waals surface area contributed by atoms with E-state index >= 15 is 0 Å². The number of esters is 1. The zero-order valence-electron chi connectivity index (χ0n) is 11.2. The molecule has 64 valence electrons. The van der Waals surface area contributed by atoms with Gasteiger partial charge in [-0.2, -0.15) is 0 Å². The van der Waals surface area contributed by atoms with E-state index < -0.39 is 19.4 Å². The Morgan fingerprint density at radius 2 is 2.33 bits per heavy atom. The number of benzene rings is 1. The van der Waals surface area contributed by atoms with Gasteiger partial charge in [-0.15, -0.1) is 0 Å². The molecule has 0 aliphatic heterocycles. The van der Waals surface area contributed by atoms with E-state index in [1.54, 1.807) is 0 Å². The molecule has 1 aromatic rings. The first-order chi connectivity index (χ1) is 7.63. The maximum Gasteiger partial charge on any atom is 0.338 e. The van der Waals surface area contributed by atoms with Crippen molar-refractivity contribution in [3.8, 4) is 0 Å². The van der Waals surface area contributed by atoms with Crippen molar-refractivity contribution in [3.05, 3.63) is 29.8 Å². The Balaban J connectivity index is 2.83. The van der Waals surface area contributed by atoms with Gasteiger partial charge in [0.15, 0.2) is 0 Å². The van der Waals surface area contributed by atoms with Gasteiger partial charge in [0, 0.05) is 9.80 Å². The minimum absolute atomic E-state index is 0.0346. The quantitative estimate of drug-likeness (QED) is 0.539. The van der Waals surface area contributed by atoms with Crippen molar-refractivity contribution < 1.29 is 16.4 Å². The molecule has 0 aromatic heterocycles. The summed E-state index contributed by atoms with van der Waals surface area (Å²) in [6.45, 7) is -6.05. The fourth-order valence-electron chi connectivity index (χ4n) is 0.724. The van der Waals surface area contributed by atoms with Crippen LogP contribution < -0.4 is 5.73 Å². The van der Waals surface area contributed by atoms with Crippen molar-refractivity contribution in [3.63, 3.8) is 0 Å². The Morgan fingerprint density at radius 1 is 1.67 bits per heavy atom. The number of rotatable bonds is 2. The molecule has 0 heterocycles. The predicted octanol–water partition coefficient (Wildman–Crippen LogP) is 1.45. The van der Waals surface area contributed by atoms with Gasteiger partial charge in [-0.25, -0.2) is 4.79 Å². The third-order valence-electron chi connectivity index (χ3n) is 1.29. The SMILES string of the molecule is [2H]C([2H])([2H])C([2H])([2H])OC(=O)c1ccc(N)cc1. The van der Waals surface area contributed by atoms with Gasteiger partial charge >= 0.3 is 5.97 Å². The lowest BCUT2D eigenvalue weighted by atomic mass is 10.2. The van der Waals surface area contributed by atoms with Crippen LogP contribution >= 0.6 is 0 Å². The highest BCUT2D eigenvalue weighted by molar-refractivity contribution is 5.89. The molecule has 0 aliphatic rings. The van der Waals surface area contributed by atoms with E-state index in [9.17, 15) is 4.79 Å². The molecular formula is C9H11NO2. The monoisotopic (exact) mass is 170 g/mol. The standard InChI is InChI=1S/C9H11NO2/c1-2-12-9(11)7-3-5-8(10)6-4-7/h3-6H,2,10H2,1H3/i1D3,2D2. The van der Waals surface area contributed by atoms with Gasteiger partial charge in [0.1, 0.15) is 0 Å². The van der Waals surface area contributed by atoms with Gasteiger partial charge in [0.25, 0.3) is 0 Å². The fraction of sp³-hybridized carbons (Fsp3) is 0.222. The van der Waals surface area contributed by atoms with Gasteiger partial charge in [-0.3, -0.25) is 0 Å². The summed E-state index contributed by atoms with van der Waals surface area (Å²) in [6, 6.07) is 5.52. The van der Waals surface area contributed by atoms with Crippen LogP contribution in [-0.2, 0) is 4.74 Å². The van der Waals surface area contributed by atoms with E-state index in [-0.39, 0.29) is 5.56 Å². The van der Waals surface area contributed by atoms with Crippen LogP contribution in [0, 0.1) is 0 Å². The summed E-state index contributed by atoms with van der Waals surface area (Å²) < 4.78 is 39.2. The van der Waals surface area contributed by atoms with Crippen molar-refractivity contribution >= 4 is 11.7 Å². The molecule has 0 saturated heterocycles. The first-order valence-electron chi connectivity index (χ1n) is 5.72. The van der Waals surface area contributed by atoms with E-state index in [0.717, 1.165) is 0 Å². The highest BCUT2D eigenvalue weighted by Crippen LogP contribution is 2.06. The lowest BCUT2D eigenvalue weighted by Gasteiger charge is -2.00. The molecule has 12 heavy (non-hydrogen) atoms. The first kappa shape index (κ1) is 3.94. The van der Waals surface area contributed by atoms with Crippen LogP contribution in [0.3, 0.4) is 0 Å². The molecule has 3 nitrogen and oxygen atoms in total. The van der Waals surface area contributed by atoms with Crippen molar-refractivity contribution in [1.29, 1.82) is 0 Å². The lowest BCUT2D eigenvalue weighted by Crippen LogP contribution is -2.04. The summed E-state index contributed by atoms with van der Waals surface area (Å²) in [6.07, 6.45) is 0. The van der Waals surface area contributed by atoms with E-state index in [4.69, 9.17) is 12.6 Å². The average Bonchev–Trinajstić information content (AvgIpc) is 2.16. The van der Waals surface area contributed by atoms with Gasteiger partial charge in [-0.05, 0) is 31.1 Å². The molecule has 2 N–H and O–H groups in total. The summed E-state index contributed by atoms with van der Waals surface area (Å²) in [4.78, 5) is 11.5. The van der Waals surface area contributed by atoms with Crippen molar-refractivity contribution in [1.82, 2.24) is 0 Å². The molecule has 0 bridgehead atoms. The van der Waals surface area contributed by atoms with Crippen LogP contribution in [0.2, 0.25) is 0 Å². The van der Waals surface area contributed by atoms with Crippen molar-refractivity contribution in [2.45, 2.75) is 6.85 Å². The molecule has 0 saturated carbocycles. The Morgan fingerprint density at radius 3 is 2.92 bits per heavy atom. The van der Waals surface area contributed by atoms with Gasteiger partial charge in [-0.1, -0.05) is 0 Å². The van der Waals surface area contributed by atoms with Crippen LogP contribution in [0.15, 0.2) is 24.3 Å². The number of carbonyl (C=O) groups is 1. The number of carbonyl (C=O) groups excluding carboxylic acids is 1. The second kappa shape index (κ2) is 3.76. The summed E-state index contributed by atoms with van der Waals surface area (Å²) >= 11 is 0. The highest BCUT2D eigenvalue weighted by atomic mass is 16.5. The molecule has 3 heteroatoms. The smallest absolute Gasteiger partial charge is 0.338 e. The van der Waals surface area contributed by atoms with E-state index in [1.165, 1.54) is 24.3 Å². The first-order valence-corrected chi connectivity index (χ1v) is 3.22. The van der Waals surface area contributed by atoms with Crippen LogP contribution in [-0.4, -0.2) is 12.5 Å². The summed E-state index contributed by atoms with van der Waals surface area (Å²) in [5.74, 6) is -1.05. The Bertz CT molecular complexity index is 412. The molecule has 0 fully saturated rings. The zero-order valence-corrected chi connectivity index (χ0v) is 6.20. The van der Waals surface area contributed by atoms with Crippen molar-refractivity contribution in [2.75, 3.05) is 12.3 Å². The summed E-state index contributed by atoms with van der Waals surface area (Å²) in [7, 11) is 0. The van der Waals surface area contributed by atoms with E-state index in [2.05, 4.69) is 4.74 Å². The molecule has 0 spiro atoms. The molecule has 1 rings (SSSR count). The highest BCUT2D eigenvalue weighted by Gasteiger charge is 2.03. The van der Waals surface area contributed by atoms with Gasteiger partial charge in [0.05, 0.1) is 14.9 Å². The van der Waals surface area contributed by atoms with Crippen LogP contribution in [0.4, 0.5) is 5.69 Å². The summed E-state index contributed by atoms with van der Waals surface area (Å²) in [5, 5.41) is 0. The predicted molar refractivity (Wildman–Crippen MR) is 46.8 cm³/mol. The molecular weight excluding hydrogens is 154 g/mol. The fourth-order valence-corrected chi connectivity index (χ4v) is 0.724. The largest absolute Gasteiger partial charge is 0.462 e.